The Bertz CT molecular complexity index is 261. The highest BCUT2D eigenvalue weighted by molar-refractivity contribution is 9.10. The molecule has 0 aliphatic heterocycles. The summed E-state index contributed by atoms with van der Waals surface area (Å²) in [5.74, 6) is 1.93. The Hall–Kier alpha value is -0.300. The van der Waals surface area contributed by atoms with Crippen LogP contribution < -0.4 is 0 Å². The molecule has 0 N–H and O–H groups in total. The van der Waals surface area contributed by atoms with Crippen molar-refractivity contribution in [2.24, 2.45) is 0 Å². The lowest BCUT2D eigenvalue weighted by molar-refractivity contribution is 0.856. The summed E-state index contributed by atoms with van der Waals surface area (Å²) in [6.07, 6.45) is 0. The standard InChI is InChI=1S/C12H16Br/c1-8(2)10-6-5-7-11(9(3)4)12(10)13/h5-8H,1-4H3. The fourth-order valence-electron chi connectivity index (χ4n) is 1.38. The topological polar surface area (TPSA) is 0 Å². The van der Waals surface area contributed by atoms with E-state index < -0.39 is 0 Å². The first-order chi connectivity index (χ1) is 6.04. The predicted octanol–water partition coefficient (Wildman–Crippen LogP) is 4.53. The molecule has 0 fully saturated rings. The summed E-state index contributed by atoms with van der Waals surface area (Å²) < 4.78 is 1.25. The molecule has 0 unspecified atom stereocenters. The van der Waals surface area contributed by atoms with Crippen LogP contribution in [0.4, 0.5) is 0 Å². The molecule has 13 heavy (non-hydrogen) atoms. The molecule has 0 saturated heterocycles. The quantitative estimate of drug-likeness (QED) is 0.712. The van der Waals surface area contributed by atoms with Crippen LogP contribution in [-0.2, 0) is 0 Å². The third-order valence-electron chi connectivity index (χ3n) is 2.19. The minimum Gasteiger partial charge on any atom is -0.0616 e. The molecule has 1 rings (SSSR count). The lowest BCUT2D eigenvalue weighted by atomic mass is 9.96. The second kappa shape index (κ2) is 4.28. The van der Waals surface area contributed by atoms with Gasteiger partial charge in [0.25, 0.3) is 0 Å². The average molecular weight is 240 g/mol. The van der Waals surface area contributed by atoms with Gasteiger partial charge in [0.05, 0.1) is 0 Å². The third-order valence-corrected chi connectivity index (χ3v) is 3.07. The van der Waals surface area contributed by atoms with Gasteiger partial charge in [-0.1, -0.05) is 61.8 Å². The minimum absolute atomic E-state index is 0.577. The minimum atomic E-state index is 0.577. The Morgan fingerprint density at radius 2 is 1.85 bits per heavy atom. The summed E-state index contributed by atoms with van der Waals surface area (Å²) >= 11 is 3.66. The van der Waals surface area contributed by atoms with E-state index >= 15 is 0 Å². The number of hydrogen-bond acceptors (Lipinski definition) is 0. The highest BCUT2D eigenvalue weighted by atomic mass is 79.9. The van der Waals surface area contributed by atoms with Crippen molar-refractivity contribution in [3.63, 3.8) is 0 Å². The van der Waals surface area contributed by atoms with Gasteiger partial charge in [-0.15, -0.1) is 0 Å². The van der Waals surface area contributed by atoms with E-state index in [1.54, 1.807) is 0 Å². The molecule has 71 valence electrons. The van der Waals surface area contributed by atoms with E-state index in [1.165, 1.54) is 21.5 Å². The second-order valence-corrected chi connectivity index (χ2v) is 4.66. The first-order valence-electron chi connectivity index (χ1n) is 4.63. The lowest BCUT2D eigenvalue weighted by Crippen LogP contribution is -1.96. The molecule has 0 aliphatic carbocycles. The maximum Gasteiger partial charge on any atom is 0.0247 e. The zero-order chi connectivity index (χ0) is 10.0. The van der Waals surface area contributed by atoms with Crippen molar-refractivity contribution in [1.82, 2.24) is 0 Å². The van der Waals surface area contributed by atoms with Crippen molar-refractivity contribution < 1.29 is 0 Å². The van der Waals surface area contributed by atoms with E-state index in [9.17, 15) is 0 Å². The lowest BCUT2D eigenvalue weighted by Gasteiger charge is -2.14. The van der Waals surface area contributed by atoms with Crippen LogP contribution in [0.3, 0.4) is 0 Å². The van der Waals surface area contributed by atoms with Crippen LogP contribution in [0.2, 0.25) is 0 Å². The van der Waals surface area contributed by atoms with Crippen LogP contribution in [0.25, 0.3) is 0 Å². The Kier molecular flexibility index (Phi) is 3.55. The summed E-state index contributed by atoms with van der Waals surface area (Å²) in [6.45, 7) is 8.72. The van der Waals surface area contributed by atoms with Crippen molar-refractivity contribution in [3.05, 3.63) is 39.7 Å². The summed E-state index contributed by atoms with van der Waals surface area (Å²) in [7, 11) is 0. The predicted molar refractivity (Wildman–Crippen MR) is 61.9 cm³/mol. The first-order valence-corrected chi connectivity index (χ1v) is 5.42. The molecule has 1 aromatic rings. The number of benzene rings is 1. The van der Waals surface area contributed by atoms with Gasteiger partial charge >= 0.3 is 0 Å². The number of halogens is 1. The van der Waals surface area contributed by atoms with E-state index in [0.29, 0.717) is 5.92 Å². The van der Waals surface area contributed by atoms with E-state index in [4.69, 9.17) is 0 Å². The summed E-state index contributed by atoms with van der Waals surface area (Å²) in [5.41, 5.74) is 2.71. The van der Waals surface area contributed by atoms with Crippen molar-refractivity contribution >= 4 is 15.9 Å². The molecule has 1 radical (unpaired) electrons. The van der Waals surface area contributed by atoms with E-state index in [0.717, 1.165) is 0 Å². The first kappa shape index (κ1) is 10.8. The Labute approximate surface area is 89.5 Å². The molecule has 1 aromatic carbocycles. The SMILES string of the molecule is C[C](C)c1cccc(C(C)C)c1Br. The van der Waals surface area contributed by atoms with Crippen LogP contribution in [0.1, 0.15) is 44.7 Å². The van der Waals surface area contributed by atoms with Crippen molar-refractivity contribution in [3.8, 4) is 0 Å². The third kappa shape index (κ3) is 2.34. The van der Waals surface area contributed by atoms with Gasteiger partial charge in [0.1, 0.15) is 0 Å². The van der Waals surface area contributed by atoms with E-state index in [2.05, 4.69) is 61.8 Å². The molecule has 0 nitrogen and oxygen atoms in total. The Morgan fingerprint density at radius 3 is 2.31 bits per heavy atom. The monoisotopic (exact) mass is 239 g/mol. The Balaban J connectivity index is 3.18. The second-order valence-electron chi connectivity index (χ2n) is 3.86. The highest BCUT2D eigenvalue weighted by Gasteiger charge is 2.10. The smallest absolute Gasteiger partial charge is 0.0247 e. The van der Waals surface area contributed by atoms with Crippen LogP contribution in [0, 0.1) is 5.92 Å². The molecular weight excluding hydrogens is 224 g/mol. The Morgan fingerprint density at radius 1 is 1.23 bits per heavy atom. The summed E-state index contributed by atoms with van der Waals surface area (Å²) in [5, 5.41) is 0. The molecule has 1 heteroatoms. The molecule has 0 aromatic heterocycles. The molecule has 0 heterocycles. The van der Waals surface area contributed by atoms with E-state index in [1.807, 2.05) is 0 Å². The van der Waals surface area contributed by atoms with Crippen LogP contribution in [0.5, 0.6) is 0 Å². The van der Waals surface area contributed by atoms with Gasteiger partial charge in [-0.05, 0) is 23.0 Å². The van der Waals surface area contributed by atoms with Gasteiger partial charge in [-0.2, -0.15) is 0 Å². The van der Waals surface area contributed by atoms with E-state index in [-0.39, 0.29) is 0 Å². The van der Waals surface area contributed by atoms with Gasteiger partial charge in [0, 0.05) is 4.47 Å². The zero-order valence-electron chi connectivity index (χ0n) is 8.69. The fraction of sp³-hybridized carbons (Fsp3) is 0.417. The molecule has 0 aliphatic rings. The number of hydrogen-bond donors (Lipinski definition) is 0. The largest absolute Gasteiger partial charge is 0.0616 e. The molecule has 0 amide bonds. The number of rotatable bonds is 2. The van der Waals surface area contributed by atoms with Gasteiger partial charge < -0.3 is 0 Å². The van der Waals surface area contributed by atoms with Crippen molar-refractivity contribution in [2.45, 2.75) is 33.6 Å². The summed E-state index contributed by atoms with van der Waals surface area (Å²) in [4.78, 5) is 0. The van der Waals surface area contributed by atoms with Gasteiger partial charge in [-0.25, -0.2) is 0 Å². The fourth-order valence-corrected chi connectivity index (χ4v) is 2.50. The maximum atomic E-state index is 3.66. The van der Waals surface area contributed by atoms with Crippen LogP contribution in [-0.4, -0.2) is 0 Å². The molecule has 0 bridgehead atoms. The molecule has 0 spiro atoms. The molecular formula is C12H16Br. The van der Waals surface area contributed by atoms with Gasteiger partial charge in [0.2, 0.25) is 0 Å². The van der Waals surface area contributed by atoms with Crippen molar-refractivity contribution in [2.75, 3.05) is 0 Å². The van der Waals surface area contributed by atoms with Crippen LogP contribution >= 0.6 is 15.9 Å². The maximum absolute atomic E-state index is 3.66. The van der Waals surface area contributed by atoms with Crippen LogP contribution in [0.15, 0.2) is 22.7 Å². The molecule has 0 atom stereocenters. The van der Waals surface area contributed by atoms with Gasteiger partial charge in [0.15, 0.2) is 0 Å². The zero-order valence-corrected chi connectivity index (χ0v) is 10.3. The summed E-state index contributed by atoms with van der Waals surface area (Å²) in [6, 6.07) is 6.47. The molecule has 0 saturated carbocycles. The van der Waals surface area contributed by atoms with Crippen molar-refractivity contribution in [1.29, 1.82) is 0 Å². The average Bonchev–Trinajstić information content (AvgIpc) is 2.03. The van der Waals surface area contributed by atoms with Gasteiger partial charge in [-0.3, -0.25) is 0 Å². The normalized spacial score (nSPS) is 11.3. The highest BCUT2D eigenvalue weighted by Crippen LogP contribution is 2.31.